The number of nitrogens with two attached hydrogens (primary N) is 1. The zero-order chi connectivity index (χ0) is 26.4. The van der Waals surface area contributed by atoms with Gasteiger partial charge in [-0.2, -0.15) is 12.6 Å². The monoisotopic (exact) mass is 517 g/mol. The molecule has 1 aromatic carbocycles. The third-order valence-corrected chi connectivity index (χ3v) is 7.25. The average molecular weight is 518 g/mol. The molecule has 0 aliphatic carbocycles. The minimum atomic E-state index is -1.18. The second kappa shape index (κ2) is 12.3. The van der Waals surface area contributed by atoms with Crippen LogP contribution in [0.15, 0.2) is 30.5 Å². The number of carbonyl (C=O) groups is 4. The Balaban J connectivity index is 1.73. The van der Waals surface area contributed by atoms with Crippen molar-refractivity contribution < 1.29 is 24.3 Å². The number of likely N-dealkylation sites (tertiary alicyclic amines) is 1. The Kier molecular flexibility index (Phi) is 9.38. The maximum absolute atomic E-state index is 13.3. The van der Waals surface area contributed by atoms with Gasteiger partial charge in [0.2, 0.25) is 17.7 Å². The third-order valence-electron chi connectivity index (χ3n) is 6.86. The number of nitrogens with one attached hydrogen (secondary N) is 3. The molecule has 196 valence electrons. The molecule has 6 N–H and O–H groups in total. The van der Waals surface area contributed by atoms with E-state index in [1.165, 1.54) is 4.90 Å². The lowest BCUT2D eigenvalue weighted by Gasteiger charge is -2.30. The predicted octanol–water partition coefficient (Wildman–Crippen LogP) is 1.06. The lowest BCUT2D eigenvalue weighted by atomic mass is 9.96. The van der Waals surface area contributed by atoms with Gasteiger partial charge in [-0.05, 0) is 30.4 Å². The standard InChI is InChI=1S/C25H35N5O5S/c1-3-14(2)21(29-22(31)20-9-6-10-30(20)24(33)17(26)13-36)23(32)28-19(25(34)35)11-15-12-27-18-8-5-4-7-16(15)18/h4-5,7-8,12,14,17,19-21,27,36H,3,6,9-11,13,26H2,1-2H3,(H,28,32)(H,29,31)(H,34,35). The summed E-state index contributed by atoms with van der Waals surface area (Å²) < 4.78 is 0. The molecule has 1 aliphatic heterocycles. The Morgan fingerprint density at radius 1 is 1.25 bits per heavy atom. The average Bonchev–Trinajstić information content (AvgIpc) is 3.53. The normalized spacial score (nSPS) is 18.9. The molecule has 36 heavy (non-hydrogen) atoms. The topological polar surface area (TPSA) is 158 Å². The lowest BCUT2D eigenvalue weighted by molar-refractivity contribution is -0.143. The molecule has 3 amide bonds. The van der Waals surface area contributed by atoms with Crippen LogP contribution in [0.5, 0.6) is 0 Å². The highest BCUT2D eigenvalue weighted by Gasteiger charge is 2.38. The van der Waals surface area contributed by atoms with E-state index in [-0.39, 0.29) is 24.0 Å². The van der Waals surface area contributed by atoms with Gasteiger partial charge in [0.1, 0.15) is 18.1 Å². The molecule has 0 spiro atoms. The number of thiol groups is 1. The molecule has 1 saturated heterocycles. The minimum Gasteiger partial charge on any atom is -0.480 e. The van der Waals surface area contributed by atoms with Gasteiger partial charge < -0.3 is 31.4 Å². The van der Waals surface area contributed by atoms with Crippen LogP contribution in [-0.2, 0) is 25.6 Å². The van der Waals surface area contributed by atoms with E-state index in [0.717, 1.165) is 16.5 Å². The Morgan fingerprint density at radius 2 is 1.97 bits per heavy atom. The molecule has 5 atom stereocenters. The summed E-state index contributed by atoms with van der Waals surface area (Å²) in [5.41, 5.74) is 7.47. The third kappa shape index (κ3) is 6.19. The summed E-state index contributed by atoms with van der Waals surface area (Å²) in [7, 11) is 0. The van der Waals surface area contributed by atoms with Gasteiger partial charge in [-0.25, -0.2) is 4.79 Å². The summed E-state index contributed by atoms with van der Waals surface area (Å²) in [5, 5.41) is 16.1. The Labute approximate surface area is 215 Å². The number of aliphatic carboxylic acids is 1. The first-order valence-electron chi connectivity index (χ1n) is 12.2. The molecule has 11 heteroatoms. The molecule has 1 aromatic heterocycles. The number of fused-ring (bicyclic) bond motifs is 1. The highest BCUT2D eigenvalue weighted by Crippen LogP contribution is 2.21. The molecule has 10 nitrogen and oxygen atoms in total. The van der Waals surface area contributed by atoms with Crippen molar-refractivity contribution in [2.45, 2.75) is 63.7 Å². The number of carbonyl (C=O) groups excluding carboxylic acids is 3. The molecule has 0 radical (unpaired) electrons. The van der Waals surface area contributed by atoms with Crippen molar-refractivity contribution in [1.82, 2.24) is 20.5 Å². The predicted molar refractivity (Wildman–Crippen MR) is 140 cm³/mol. The molecule has 0 bridgehead atoms. The van der Waals surface area contributed by atoms with Crippen molar-refractivity contribution in [3.05, 3.63) is 36.0 Å². The largest absolute Gasteiger partial charge is 0.480 e. The van der Waals surface area contributed by atoms with Crippen molar-refractivity contribution in [2.24, 2.45) is 11.7 Å². The van der Waals surface area contributed by atoms with Crippen molar-refractivity contribution in [3.8, 4) is 0 Å². The highest BCUT2D eigenvalue weighted by atomic mass is 32.1. The quantitative estimate of drug-likeness (QED) is 0.245. The Hall–Kier alpha value is -3.05. The van der Waals surface area contributed by atoms with Crippen LogP contribution in [0.25, 0.3) is 10.9 Å². The van der Waals surface area contributed by atoms with Gasteiger partial charge in [0.25, 0.3) is 0 Å². The number of rotatable bonds is 11. The van der Waals surface area contributed by atoms with Crippen LogP contribution in [-0.4, -0.2) is 75.1 Å². The summed E-state index contributed by atoms with van der Waals surface area (Å²) in [4.78, 5) is 55.6. The number of carboxylic acids is 1. The maximum Gasteiger partial charge on any atom is 0.326 e. The Morgan fingerprint density at radius 3 is 2.64 bits per heavy atom. The van der Waals surface area contributed by atoms with Gasteiger partial charge in [-0.15, -0.1) is 0 Å². The molecular weight excluding hydrogens is 482 g/mol. The fraction of sp³-hybridized carbons (Fsp3) is 0.520. The maximum atomic E-state index is 13.3. The zero-order valence-electron chi connectivity index (χ0n) is 20.6. The summed E-state index contributed by atoms with van der Waals surface area (Å²) in [6, 6.07) is 3.84. The van der Waals surface area contributed by atoms with E-state index in [1.807, 2.05) is 38.1 Å². The van der Waals surface area contributed by atoms with Gasteiger partial charge >= 0.3 is 5.97 Å². The van der Waals surface area contributed by atoms with Gasteiger partial charge in [0, 0.05) is 35.8 Å². The molecule has 0 saturated carbocycles. The van der Waals surface area contributed by atoms with E-state index in [4.69, 9.17) is 5.73 Å². The van der Waals surface area contributed by atoms with Gasteiger partial charge in [0.05, 0.1) is 6.04 Å². The van der Waals surface area contributed by atoms with Crippen molar-refractivity contribution >= 4 is 47.2 Å². The highest BCUT2D eigenvalue weighted by molar-refractivity contribution is 7.80. The number of hydrogen-bond donors (Lipinski definition) is 6. The molecule has 1 aliphatic rings. The number of aromatic nitrogens is 1. The molecule has 2 aromatic rings. The number of nitrogens with zero attached hydrogens (tertiary/aromatic N) is 1. The van der Waals surface area contributed by atoms with Crippen LogP contribution in [0.3, 0.4) is 0 Å². The summed E-state index contributed by atoms with van der Waals surface area (Å²) >= 11 is 4.07. The molecule has 2 heterocycles. The zero-order valence-corrected chi connectivity index (χ0v) is 21.5. The second-order valence-electron chi connectivity index (χ2n) is 9.31. The smallest absolute Gasteiger partial charge is 0.326 e. The second-order valence-corrected chi connectivity index (χ2v) is 9.68. The van der Waals surface area contributed by atoms with Crippen LogP contribution >= 0.6 is 12.6 Å². The summed E-state index contributed by atoms with van der Waals surface area (Å²) in [6.07, 6.45) is 3.51. The first kappa shape index (κ1) is 27.5. The number of amides is 3. The van der Waals surface area contributed by atoms with Crippen LogP contribution in [0.1, 0.15) is 38.7 Å². The molecule has 1 fully saturated rings. The lowest BCUT2D eigenvalue weighted by Crippen LogP contribution is -2.58. The molecule has 3 rings (SSSR count). The first-order valence-corrected chi connectivity index (χ1v) is 12.9. The van der Waals surface area contributed by atoms with Crippen molar-refractivity contribution in [3.63, 3.8) is 0 Å². The van der Waals surface area contributed by atoms with E-state index >= 15 is 0 Å². The number of benzene rings is 1. The molecule has 5 unspecified atom stereocenters. The van der Waals surface area contributed by atoms with E-state index in [1.54, 1.807) is 6.20 Å². The van der Waals surface area contributed by atoms with Crippen LogP contribution in [0, 0.1) is 5.92 Å². The van der Waals surface area contributed by atoms with Crippen LogP contribution in [0.4, 0.5) is 0 Å². The van der Waals surface area contributed by atoms with Crippen molar-refractivity contribution in [2.75, 3.05) is 12.3 Å². The van der Waals surface area contributed by atoms with E-state index in [0.29, 0.717) is 25.8 Å². The van der Waals surface area contributed by atoms with Crippen LogP contribution in [0.2, 0.25) is 0 Å². The number of para-hydroxylation sites is 1. The summed E-state index contributed by atoms with van der Waals surface area (Å²) in [5.74, 6) is -2.65. The fourth-order valence-corrected chi connectivity index (χ4v) is 4.68. The number of aromatic amines is 1. The number of hydrogen-bond acceptors (Lipinski definition) is 6. The van der Waals surface area contributed by atoms with Gasteiger partial charge in [-0.1, -0.05) is 38.5 Å². The number of carboxylic acid groups (broad SMARTS) is 1. The Bertz CT molecular complexity index is 1110. The summed E-state index contributed by atoms with van der Waals surface area (Å²) in [6.45, 7) is 4.10. The van der Waals surface area contributed by atoms with E-state index in [9.17, 15) is 24.3 Å². The minimum absolute atomic E-state index is 0.0821. The molecular formula is C25H35N5O5S. The van der Waals surface area contributed by atoms with E-state index in [2.05, 4.69) is 28.2 Å². The van der Waals surface area contributed by atoms with Crippen molar-refractivity contribution in [1.29, 1.82) is 0 Å². The van der Waals surface area contributed by atoms with Gasteiger partial charge in [-0.3, -0.25) is 14.4 Å². The SMILES string of the molecule is CCC(C)C(NC(=O)C1CCCN1C(=O)C(N)CS)C(=O)NC(Cc1c[nH]c2ccccc12)C(=O)O. The fourth-order valence-electron chi connectivity index (χ4n) is 4.53. The number of H-pyrrole nitrogens is 1. The van der Waals surface area contributed by atoms with E-state index < -0.39 is 42.0 Å². The van der Waals surface area contributed by atoms with Crippen LogP contribution < -0.4 is 16.4 Å². The first-order chi connectivity index (χ1) is 17.2. The van der Waals surface area contributed by atoms with Gasteiger partial charge in [0.15, 0.2) is 0 Å².